The van der Waals surface area contributed by atoms with Crippen LogP contribution in [0, 0.1) is 0 Å². The number of carbonyl (C=O) groups excluding carboxylic acids is 4. The molecule has 0 aliphatic carbocycles. The van der Waals surface area contributed by atoms with Crippen LogP contribution in [0.25, 0.3) is 10.9 Å². The molecule has 0 aliphatic heterocycles. The Hall–Kier alpha value is -4.32. The van der Waals surface area contributed by atoms with Gasteiger partial charge < -0.3 is 34.4 Å². The maximum atomic E-state index is 14.2. The molecule has 2 aromatic carbocycles. The lowest BCUT2D eigenvalue weighted by atomic mass is 10.00. The minimum atomic E-state index is -2.09. The number of hydrogen-bond acceptors (Lipinski definition) is 7. The van der Waals surface area contributed by atoms with E-state index in [1.807, 2.05) is 54.7 Å². The van der Waals surface area contributed by atoms with Crippen LogP contribution in [0.2, 0.25) is 18.1 Å². The molecule has 12 heteroatoms. The van der Waals surface area contributed by atoms with Gasteiger partial charge in [-0.15, -0.1) is 0 Å². The van der Waals surface area contributed by atoms with Crippen molar-refractivity contribution < 1.29 is 33.1 Å². The van der Waals surface area contributed by atoms with E-state index in [-0.39, 0.29) is 17.9 Å². The molecule has 3 N–H and O–H groups in total. The lowest BCUT2D eigenvalue weighted by Crippen LogP contribution is -2.55. The van der Waals surface area contributed by atoms with Gasteiger partial charge in [0.2, 0.25) is 20.1 Å². The van der Waals surface area contributed by atoms with Crippen molar-refractivity contribution in [1.82, 2.24) is 20.5 Å². The summed E-state index contributed by atoms with van der Waals surface area (Å²) in [6.07, 6.45) is 1.12. The van der Waals surface area contributed by atoms with E-state index >= 15 is 0 Å². The average Bonchev–Trinajstić information content (AvgIpc) is 3.40. The third-order valence-electron chi connectivity index (χ3n) is 8.69. The number of aromatic nitrogens is 1. The SMILES string of the molecule is COC(=O)C[C@@H](NC(=O)[C@@H](Cc1c[nH]c2ccccc12)N(C)C(=O)[C@H](C)NC(=O)OC(C)(C)C)c1ccc(O[Si](C)(C)C(C)(C)C)cc1. The number of benzene rings is 2. The lowest BCUT2D eigenvalue weighted by molar-refractivity contribution is -0.143. The van der Waals surface area contributed by atoms with Crippen molar-refractivity contribution >= 4 is 43.1 Å². The molecule has 0 bridgehead atoms. The van der Waals surface area contributed by atoms with Crippen molar-refractivity contribution in [2.45, 2.75) is 103 Å². The Bertz CT molecular complexity index is 1590. The number of carbonyl (C=O) groups is 4. The normalized spacial score (nSPS) is 14.0. The maximum Gasteiger partial charge on any atom is 0.408 e. The summed E-state index contributed by atoms with van der Waals surface area (Å²) in [6.45, 7) is 17.5. The first-order valence-electron chi connectivity index (χ1n) is 16.2. The summed E-state index contributed by atoms with van der Waals surface area (Å²) >= 11 is 0. The van der Waals surface area contributed by atoms with Crippen molar-refractivity contribution in [1.29, 1.82) is 0 Å². The second-order valence-electron chi connectivity index (χ2n) is 14.7. The van der Waals surface area contributed by atoms with Gasteiger partial charge in [0, 0.05) is 30.6 Å². The number of hydrogen-bond donors (Lipinski definition) is 3. The zero-order valence-electron chi connectivity index (χ0n) is 30.1. The number of likely N-dealkylation sites (N-methyl/N-ethyl adjacent to an activating group) is 1. The zero-order valence-corrected chi connectivity index (χ0v) is 31.1. The van der Waals surface area contributed by atoms with Crippen molar-refractivity contribution in [2.75, 3.05) is 14.2 Å². The van der Waals surface area contributed by atoms with Crippen LogP contribution in [0.15, 0.2) is 54.7 Å². The van der Waals surface area contributed by atoms with Gasteiger partial charge in [-0.3, -0.25) is 14.4 Å². The van der Waals surface area contributed by atoms with Gasteiger partial charge in [0.1, 0.15) is 23.4 Å². The molecule has 0 spiro atoms. The largest absolute Gasteiger partial charge is 0.544 e. The predicted octanol–water partition coefficient (Wildman–Crippen LogP) is 6.26. The van der Waals surface area contributed by atoms with E-state index in [0.29, 0.717) is 11.3 Å². The Kier molecular flexibility index (Phi) is 12.1. The van der Waals surface area contributed by atoms with Crippen LogP contribution < -0.4 is 15.1 Å². The van der Waals surface area contributed by atoms with E-state index in [4.69, 9.17) is 13.9 Å². The molecular weight excluding hydrogens is 629 g/mol. The Morgan fingerprint density at radius 2 is 1.56 bits per heavy atom. The molecule has 0 aliphatic rings. The fraction of sp³-hybridized carbons (Fsp3) is 0.500. The monoisotopic (exact) mass is 680 g/mol. The minimum absolute atomic E-state index is 0.0102. The van der Waals surface area contributed by atoms with E-state index in [2.05, 4.69) is 49.5 Å². The summed E-state index contributed by atoms with van der Waals surface area (Å²) < 4.78 is 16.7. The Morgan fingerprint density at radius 3 is 2.15 bits per heavy atom. The molecule has 1 aromatic heterocycles. The molecule has 1 heterocycles. The average molecular weight is 681 g/mol. The Labute approximate surface area is 285 Å². The molecule has 48 heavy (non-hydrogen) atoms. The number of ether oxygens (including phenoxy) is 2. The first-order valence-corrected chi connectivity index (χ1v) is 19.1. The predicted molar refractivity (Wildman–Crippen MR) is 189 cm³/mol. The summed E-state index contributed by atoms with van der Waals surface area (Å²) in [5, 5.41) is 6.51. The van der Waals surface area contributed by atoms with Crippen LogP contribution in [0.1, 0.15) is 72.1 Å². The number of fused-ring (bicyclic) bond motifs is 1. The number of nitrogens with zero attached hydrogens (tertiary/aromatic N) is 1. The third-order valence-corrected chi connectivity index (χ3v) is 13.0. The second-order valence-corrected chi connectivity index (χ2v) is 19.4. The molecule has 262 valence electrons. The van der Waals surface area contributed by atoms with Gasteiger partial charge >= 0.3 is 12.1 Å². The lowest BCUT2D eigenvalue weighted by Gasteiger charge is -2.36. The minimum Gasteiger partial charge on any atom is -0.544 e. The first-order chi connectivity index (χ1) is 22.2. The van der Waals surface area contributed by atoms with Crippen LogP contribution in [0.4, 0.5) is 4.79 Å². The Morgan fingerprint density at radius 1 is 0.938 bits per heavy atom. The molecular formula is C36H52N4O7Si. The van der Waals surface area contributed by atoms with Gasteiger partial charge in [0.05, 0.1) is 19.6 Å². The maximum absolute atomic E-state index is 14.2. The van der Waals surface area contributed by atoms with E-state index in [0.717, 1.165) is 16.5 Å². The number of methoxy groups -OCH3 is 1. The van der Waals surface area contributed by atoms with E-state index < -0.39 is 55.9 Å². The highest BCUT2D eigenvalue weighted by molar-refractivity contribution is 6.74. The van der Waals surface area contributed by atoms with Crippen LogP contribution in [0.3, 0.4) is 0 Å². The number of amides is 3. The van der Waals surface area contributed by atoms with Gasteiger partial charge in [-0.05, 0) is 75.2 Å². The van der Waals surface area contributed by atoms with Crippen LogP contribution in [0.5, 0.6) is 5.75 Å². The molecule has 3 rings (SSSR count). The van der Waals surface area contributed by atoms with Crippen molar-refractivity contribution in [3.8, 4) is 5.75 Å². The first kappa shape index (κ1) is 38.1. The van der Waals surface area contributed by atoms with E-state index in [1.54, 1.807) is 20.8 Å². The Balaban J connectivity index is 1.92. The highest BCUT2D eigenvalue weighted by atomic mass is 28.4. The smallest absolute Gasteiger partial charge is 0.408 e. The number of esters is 1. The molecule has 11 nitrogen and oxygen atoms in total. The number of H-pyrrole nitrogens is 1. The van der Waals surface area contributed by atoms with Crippen LogP contribution >= 0.6 is 0 Å². The summed E-state index contributed by atoms with van der Waals surface area (Å²) in [4.78, 5) is 57.4. The zero-order chi connectivity index (χ0) is 36.0. The fourth-order valence-corrected chi connectivity index (χ4v) is 5.94. The van der Waals surface area contributed by atoms with Crippen molar-refractivity contribution in [3.63, 3.8) is 0 Å². The molecule has 3 aromatic rings. The van der Waals surface area contributed by atoms with Gasteiger partial charge in [-0.2, -0.15) is 0 Å². The van der Waals surface area contributed by atoms with Crippen molar-refractivity contribution in [3.05, 3.63) is 65.9 Å². The molecule has 0 saturated carbocycles. The number of rotatable bonds is 12. The summed E-state index contributed by atoms with van der Waals surface area (Å²) in [5.74, 6) is -0.759. The topological polar surface area (TPSA) is 139 Å². The van der Waals surface area contributed by atoms with Crippen LogP contribution in [-0.2, 0) is 30.3 Å². The second kappa shape index (κ2) is 15.3. The molecule has 0 saturated heterocycles. The number of para-hydroxylation sites is 1. The highest BCUT2D eigenvalue weighted by Crippen LogP contribution is 2.37. The molecule has 3 amide bonds. The third kappa shape index (κ3) is 10.1. The number of nitrogens with one attached hydrogen (secondary N) is 3. The molecule has 0 unspecified atom stereocenters. The van der Waals surface area contributed by atoms with Gasteiger partial charge in [0.15, 0.2) is 0 Å². The quantitative estimate of drug-likeness (QED) is 0.152. The summed E-state index contributed by atoms with van der Waals surface area (Å²) in [7, 11) is 0.732. The van der Waals surface area contributed by atoms with E-state index in [9.17, 15) is 19.2 Å². The van der Waals surface area contributed by atoms with E-state index in [1.165, 1.54) is 26.0 Å². The van der Waals surface area contributed by atoms with Gasteiger partial charge in [-0.1, -0.05) is 51.1 Å². The molecule has 3 atom stereocenters. The molecule has 0 radical (unpaired) electrons. The highest BCUT2D eigenvalue weighted by Gasteiger charge is 2.39. The summed E-state index contributed by atoms with van der Waals surface area (Å²) in [5.41, 5.74) is 1.65. The summed E-state index contributed by atoms with van der Waals surface area (Å²) in [6, 6.07) is 12.3. The van der Waals surface area contributed by atoms with Gasteiger partial charge in [0.25, 0.3) is 0 Å². The van der Waals surface area contributed by atoms with Crippen molar-refractivity contribution in [2.24, 2.45) is 0 Å². The number of aromatic amines is 1. The number of alkyl carbamates (subject to hydrolysis) is 1. The fourth-order valence-electron chi connectivity index (χ4n) is 4.91. The van der Waals surface area contributed by atoms with Crippen LogP contribution in [-0.4, -0.2) is 73.9 Å². The molecule has 0 fully saturated rings. The van der Waals surface area contributed by atoms with Gasteiger partial charge in [-0.25, -0.2) is 4.79 Å². The standard InChI is InChI=1S/C36H52N4O7Si/c1-23(38-34(44)46-35(2,3)4)33(43)40(8)30(20-25-22-37-28-15-13-12-14-27(25)28)32(42)39-29(21-31(41)45-9)24-16-18-26(19-17-24)47-48(10,11)36(5,6)7/h12-19,22-23,29-30,37H,20-21H2,1-11H3,(H,38,44)(H,39,42)/t23-,29+,30+/m0/s1.